The number of Topliss-reactive ketones (excluding diaryl/α,β-unsaturated/α-hetero) is 1. The van der Waals surface area contributed by atoms with E-state index in [4.69, 9.17) is 0 Å². The van der Waals surface area contributed by atoms with Gasteiger partial charge in [-0.3, -0.25) is 4.79 Å². The maximum Gasteiger partial charge on any atom is 0.163 e. The third kappa shape index (κ3) is 1.92. The van der Waals surface area contributed by atoms with Crippen molar-refractivity contribution in [3.63, 3.8) is 0 Å². The first kappa shape index (κ1) is 16.0. The van der Waals surface area contributed by atoms with Gasteiger partial charge in [0.25, 0.3) is 0 Å². The van der Waals surface area contributed by atoms with Gasteiger partial charge in [0.15, 0.2) is 5.78 Å². The van der Waals surface area contributed by atoms with Crippen LogP contribution in [0.25, 0.3) is 0 Å². The molecule has 120 valence electrons. The lowest BCUT2D eigenvalue weighted by Gasteiger charge is -2.50. The fraction of sp³-hybridized carbons (Fsp3) is 0.650. The van der Waals surface area contributed by atoms with Gasteiger partial charge in [-0.05, 0) is 59.0 Å². The molecule has 22 heavy (non-hydrogen) atoms. The molecular formula is C20H30OSi. The molecule has 0 bridgehead atoms. The molecule has 2 unspecified atom stereocenters. The van der Waals surface area contributed by atoms with Gasteiger partial charge >= 0.3 is 0 Å². The molecule has 0 N–H and O–H groups in total. The highest BCUT2D eigenvalue weighted by molar-refractivity contribution is 6.80. The predicted molar refractivity (Wildman–Crippen MR) is 96.8 cm³/mol. The summed E-state index contributed by atoms with van der Waals surface area (Å²) in [6.45, 7) is 16.5. The van der Waals surface area contributed by atoms with Crippen LogP contribution in [0.3, 0.4) is 0 Å². The van der Waals surface area contributed by atoms with Crippen LogP contribution in [-0.4, -0.2) is 13.9 Å². The Morgan fingerprint density at radius 1 is 0.909 bits per heavy atom. The van der Waals surface area contributed by atoms with E-state index < -0.39 is 8.07 Å². The van der Waals surface area contributed by atoms with E-state index in [1.165, 1.54) is 22.3 Å². The average Bonchev–Trinajstić information content (AvgIpc) is 2.62. The van der Waals surface area contributed by atoms with Crippen LogP contribution >= 0.6 is 0 Å². The standard InChI is InChI=1S/C20H30OSi/c1-12-8-16-17(9-13(12)2)20(22(5,6)7)11-15(4)14(3)10-18(20)19(16)21/h18H,8-11H2,1-7H3. The Morgan fingerprint density at radius 2 is 1.50 bits per heavy atom. The van der Waals surface area contributed by atoms with Gasteiger partial charge in [0, 0.05) is 11.0 Å². The Balaban J connectivity index is 2.20. The van der Waals surface area contributed by atoms with Gasteiger partial charge in [0.1, 0.15) is 0 Å². The van der Waals surface area contributed by atoms with Crippen LogP contribution in [0.2, 0.25) is 24.7 Å². The van der Waals surface area contributed by atoms with Crippen molar-refractivity contribution in [2.24, 2.45) is 5.92 Å². The predicted octanol–water partition coefficient (Wildman–Crippen LogP) is 5.82. The van der Waals surface area contributed by atoms with Crippen LogP contribution in [0.4, 0.5) is 0 Å². The number of rotatable bonds is 1. The molecule has 0 radical (unpaired) electrons. The zero-order valence-electron chi connectivity index (χ0n) is 15.3. The lowest BCUT2D eigenvalue weighted by molar-refractivity contribution is -0.119. The van der Waals surface area contributed by atoms with E-state index in [1.807, 2.05) is 0 Å². The van der Waals surface area contributed by atoms with E-state index in [0.29, 0.717) is 5.78 Å². The Hall–Kier alpha value is -0.893. The van der Waals surface area contributed by atoms with E-state index in [0.717, 1.165) is 25.7 Å². The van der Waals surface area contributed by atoms with Gasteiger partial charge in [-0.25, -0.2) is 0 Å². The minimum absolute atomic E-state index is 0.185. The second-order valence-corrected chi connectivity index (χ2v) is 14.3. The summed E-state index contributed by atoms with van der Waals surface area (Å²) in [5.74, 6) is 0.739. The molecule has 0 aromatic carbocycles. The number of fused-ring (bicyclic) bond motifs is 2. The molecule has 0 saturated heterocycles. The summed E-state index contributed by atoms with van der Waals surface area (Å²) in [5.41, 5.74) is 8.71. The van der Waals surface area contributed by atoms with Crippen molar-refractivity contribution in [1.29, 1.82) is 0 Å². The first-order valence-corrected chi connectivity index (χ1v) is 12.2. The highest BCUT2D eigenvalue weighted by atomic mass is 28.3. The Kier molecular flexibility index (Phi) is 3.49. The minimum Gasteiger partial charge on any atom is -0.294 e. The van der Waals surface area contributed by atoms with E-state index >= 15 is 0 Å². The normalized spacial score (nSPS) is 32.7. The minimum atomic E-state index is -1.52. The summed E-state index contributed by atoms with van der Waals surface area (Å²) in [7, 11) is -1.52. The second kappa shape index (κ2) is 4.80. The zero-order chi connectivity index (χ0) is 16.4. The molecule has 0 aliphatic heterocycles. The largest absolute Gasteiger partial charge is 0.294 e. The molecule has 0 spiro atoms. The smallest absolute Gasteiger partial charge is 0.163 e. The molecule has 3 rings (SSSR count). The van der Waals surface area contributed by atoms with Gasteiger partial charge in [0.2, 0.25) is 0 Å². The van der Waals surface area contributed by atoms with Crippen molar-refractivity contribution < 1.29 is 4.79 Å². The van der Waals surface area contributed by atoms with Crippen molar-refractivity contribution in [2.45, 2.75) is 78.1 Å². The Labute approximate surface area is 136 Å². The lowest BCUT2D eigenvalue weighted by Crippen LogP contribution is -2.47. The molecule has 2 heteroatoms. The highest BCUT2D eigenvalue weighted by Gasteiger charge is 2.60. The Bertz CT molecular complexity index is 654. The van der Waals surface area contributed by atoms with Crippen LogP contribution in [0.5, 0.6) is 0 Å². The molecule has 0 aromatic rings. The molecule has 0 heterocycles. The molecule has 0 fully saturated rings. The highest BCUT2D eigenvalue weighted by Crippen LogP contribution is 2.67. The maximum absolute atomic E-state index is 13.2. The molecule has 3 aliphatic rings. The summed E-state index contributed by atoms with van der Waals surface area (Å²) < 4.78 is 0. The fourth-order valence-corrected chi connectivity index (χ4v) is 8.36. The first-order chi connectivity index (χ1) is 10.1. The molecular weight excluding hydrogens is 284 g/mol. The second-order valence-electron chi connectivity index (χ2n) is 8.95. The van der Waals surface area contributed by atoms with Gasteiger partial charge in [-0.2, -0.15) is 0 Å². The average molecular weight is 315 g/mol. The third-order valence-corrected chi connectivity index (χ3v) is 10.3. The summed E-state index contributed by atoms with van der Waals surface area (Å²) >= 11 is 0. The van der Waals surface area contributed by atoms with Gasteiger partial charge in [-0.1, -0.05) is 47.5 Å². The summed E-state index contributed by atoms with van der Waals surface area (Å²) in [6.07, 6.45) is 4.11. The SMILES string of the molecule is CC1=C(C)CC2=C(C1)C(=O)C1CC(C)=C(C)CC21[Si](C)(C)C. The van der Waals surface area contributed by atoms with Crippen LogP contribution in [0, 0.1) is 5.92 Å². The van der Waals surface area contributed by atoms with Gasteiger partial charge < -0.3 is 0 Å². The fourth-order valence-electron chi connectivity index (χ4n) is 5.14. The third-order valence-electron chi connectivity index (χ3n) is 6.85. The van der Waals surface area contributed by atoms with Gasteiger partial charge in [0.05, 0.1) is 8.07 Å². The first-order valence-electron chi connectivity index (χ1n) is 8.66. The number of hydrogen-bond acceptors (Lipinski definition) is 1. The van der Waals surface area contributed by atoms with E-state index in [-0.39, 0.29) is 11.0 Å². The van der Waals surface area contributed by atoms with Crippen molar-refractivity contribution in [1.82, 2.24) is 0 Å². The number of carbonyl (C=O) groups is 1. The molecule has 3 aliphatic carbocycles. The lowest BCUT2D eigenvalue weighted by atomic mass is 9.73. The zero-order valence-corrected chi connectivity index (χ0v) is 16.3. The van der Waals surface area contributed by atoms with Crippen molar-refractivity contribution in [2.75, 3.05) is 0 Å². The number of ketones is 1. The maximum atomic E-state index is 13.2. The number of allylic oxidation sites excluding steroid dienone is 6. The topological polar surface area (TPSA) is 17.1 Å². The van der Waals surface area contributed by atoms with Crippen LogP contribution in [-0.2, 0) is 4.79 Å². The molecule has 0 saturated carbocycles. The number of carbonyl (C=O) groups excluding carboxylic acids is 1. The summed E-state index contributed by atoms with van der Waals surface area (Å²) in [4.78, 5) is 13.2. The van der Waals surface area contributed by atoms with Crippen LogP contribution in [0.1, 0.15) is 53.4 Å². The van der Waals surface area contributed by atoms with Crippen molar-refractivity contribution >= 4 is 13.9 Å². The van der Waals surface area contributed by atoms with Crippen molar-refractivity contribution in [3.8, 4) is 0 Å². The molecule has 0 amide bonds. The van der Waals surface area contributed by atoms with Crippen LogP contribution < -0.4 is 0 Å². The molecule has 1 nitrogen and oxygen atoms in total. The quantitative estimate of drug-likeness (QED) is 0.440. The summed E-state index contributed by atoms with van der Waals surface area (Å²) in [6, 6.07) is 0. The molecule has 0 aromatic heterocycles. The van der Waals surface area contributed by atoms with E-state index in [2.05, 4.69) is 47.3 Å². The Morgan fingerprint density at radius 3 is 2.09 bits per heavy atom. The number of hydrogen-bond donors (Lipinski definition) is 0. The van der Waals surface area contributed by atoms with Gasteiger partial charge in [-0.15, -0.1) is 0 Å². The van der Waals surface area contributed by atoms with E-state index in [9.17, 15) is 4.79 Å². The van der Waals surface area contributed by atoms with Crippen molar-refractivity contribution in [3.05, 3.63) is 33.4 Å². The monoisotopic (exact) mass is 314 g/mol. The van der Waals surface area contributed by atoms with Crippen LogP contribution in [0.15, 0.2) is 33.4 Å². The molecule has 2 atom stereocenters. The summed E-state index contributed by atoms with van der Waals surface area (Å²) in [5, 5.41) is 0.185. The van der Waals surface area contributed by atoms with E-state index in [1.54, 1.807) is 11.1 Å².